The van der Waals surface area contributed by atoms with Crippen LogP contribution < -0.4 is 5.46 Å². The van der Waals surface area contributed by atoms with Gasteiger partial charge in [-0.15, -0.1) is 0 Å². The highest BCUT2D eigenvalue weighted by atomic mass is 16.7. The standard InChI is InChI=1S/C36H29BO3/c1-35(2)36(3,4)40-37(39-35)25-19-18-22-20-24(17-16-23(22)21-25)26-14-9-15-31-32(26)33-29-12-7-5-10-27(29)28-11-6-8-13-30(28)34(33)38-31/h5-21H,1-4H3. The second kappa shape index (κ2) is 8.20. The van der Waals surface area contributed by atoms with Crippen molar-refractivity contribution in [1.82, 2.24) is 0 Å². The third-order valence-corrected chi connectivity index (χ3v) is 9.07. The highest BCUT2D eigenvalue weighted by molar-refractivity contribution is 6.62. The number of hydrogen-bond donors (Lipinski definition) is 0. The summed E-state index contributed by atoms with van der Waals surface area (Å²) in [5, 5.41) is 9.51. The van der Waals surface area contributed by atoms with Gasteiger partial charge in [0.2, 0.25) is 0 Å². The zero-order chi connectivity index (χ0) is 27.2. The van der Waals surface area contributed by atoms with Gasteiger partial charge in [-0.25, -0.2) is 0 Å². The van der Waals surface area contributed by atoms with Crippen molar-refractivity contribution in [1.29, 1.82) is 0 Å². The van der Waals surface area contributed by atoms with Crippen molar-refractivity contribution < 1.29 is 13.7 Å². The zero-order valence-electron chi connectivity index (χ0n) is 23.1. The van der Waals surface area contributed by atoms with Crippen LogP contribution >= 0.6 is 0 Å². The van der Waals surface area contributed by atoms with Crippen molar-refractivity contribution in [3.05, 3.63) is 103 Å². The molecule has 0 aliphatic carbocycles. The lowest BCUT2D eigenvalue weighted by molar-refractivity contribution is 0.00578. The molecule has 194 valence electrons. The van der Waals surface area contributed by atoms with Crippen molar-refractivity contribution >= 4 is 66.8 Å². The second-order valence-corrected chi connectivity index (χ2v) is 12.0. The molecular formula is C36H29BO3. The van der Waals surface area contributed by atoms with E-state index in [0.29, 0.717) is 0 Å². The Morgan fingerprint density at radius 2 is 1.18 bits per heavy atom. The maximum absolute atomic E-state index is 6.60. The fourth-order valence-electron chi connectivity index (χ4n) is 6.25. The van der Waals surface area contributed by atoms with Gasteiger partial charge in [0.25, 0.3) is 0 Å². The first kappa shape index (κ1) is 23.7. The van der Waals surface area contributed by atoms with Gasteiger partial charge in [0.1, 0.15) is 11.2 Å². The molecule has 6 aromatic carbocycles. The SMILES string of the molecule is CC1(C)OB(c2ccc3cc(-c4cccc5oc6c7ccccc7c7ccccc7c6c45)ccc3c2)OC1(C)C. The topological polar surface area (TPSA) is 31.6 Å². The molecule has 0 N–H and O–H groups in total. The van der Waals surface area contributed by atoms with E-state index in [4.69, 9.17) is 13.7 Å². The Morgan fingerprint density at radius 1 is 0.550 bits per heavy atom. The molecule has 1 aliphatic rings. The maximum Gasteiger partial charge on any atom is 0.494 e. The summed E-state index contributed by atoms with van der Waals surface area (Å²) in [5.74, 6) is 0. The number of rotatable bonds is 2. The smallest absolute Gasteiger partial charge is 0.455 e. The third kappa shape index (κ3) is 3.33. The molecule has 0 atom stereocenters. The van der Waals surface area contributed by atoms with Crippen LogP contribution in [0.4, 0.5) is 0 Å². The molecule has 0 unspecified atom stereocenters. The summed E-state index contributed by atoms with van der Waals surface area (Å²) in [6.07, 6.45) is 0. The van der Waals surface area contributed by atoms with Crippen molar-refractivity contribution in [2.75, 3.05) is 0 Å². The summed E-state index contributed by atoms with van der Waals surface area (Å²) < 4.78 is 19.2. The van der Waals surface area contributed by atoms with Gasteiger partial charge in [-0.1, -0.05) is 91.0 Å². The molecule has 0 radical (unpaired) electrons. The van der Waals surface area contributed by atoms with Crippen molar-refractivity contribution in [2.24, 2.45) is 0 Å². The van der Waals surface area contributed by atoms with Crippen LogP contribution in [0.2, 0.25) is 0 Å². The molecule has 1 fully saturated rings. The molecule has 0 spiro atoms. The molecule has 0 bridgehead atoms. The van der Waals surface area contributed by atoms with E-state index in [-0.39, 0.29) is 18.3 Å². The van der Waals surface area contributed by atoms with Crippen LogP contribution in [0, 0.1) is 0 Å². The molecule has 0 amide bonds. The lowest BCUT2D eigenvalue weighted by Crippen LogP contribution is -2.41. The molecule has 1 aromatic heterocycles. The second-order valence-electron chi connectivity index (χ2n) is 12.0. The van der Waals surface area contributed by atoms with Gasteiger partial charge in [-0.2, -0.15) is 0 Å². The van der Waals surface area contributed by atoms with Crippen LogP contribution in [-0.4, -0.2) is 18.3 Å². The van der Waals surface area contributed by atoms with Gasteiger partial charge < -0.3 is 13.7 Å². The predicted molar refractivity (Wildman–Crippen MR) is 167 cm³/mol. The van der Waals surface area contributed by atoms with Crippen LogP contribution in [0.1, 0.15) is 27.7 Å². The fourth-order valence-corrected chi connectivity index (χ4v) is 6.25. The minimum absolute atomic E-state index is 0.363. The number of hydrogen-bond acceptors (Lipinski definition) is 3. The molecule has 40 heavy (non-hydrogen) atoms. The third-order valence-electron chi connectivity index (χ3n) is 9.07. The summed E-state index contributed by atoms with van der Waals surface area (Å²) >= 11 is 0. The van der Waals surface area contributed by atoms with E-state index in [1.807, 2.05) is 0 Å². The lowest BCUT2D eigenvalue weighted by atomic mass is 9.78. The average molecular weight is 520 g/mol. The molecule has 2 heterocycles. The normalized spacial score (nSPS) is 16.6. The summed E-state index contributed by atoms with van der Waals surface area (Å²) in [4.78, 5) is 0. The molecular weight excluding hydrogens is 491 g/mol. The Balaban J connectivity index is 1.32. The maximum atomic E-state index is 6.60. The molecule has 7 aromatic rings. The molecule has 3 nitrogen and oxygen atoms in total. The Kier molecular flexibility index (Phi) is 4.87. The van der Waals surface area contributed by atoms with Gasteiger partial charge >= 0.3 is 7.12 Å². The minimum atomic E-state index is -0.372. The Labute approximate surface area is 233 Å². The van der Waals surface area contributed by atoms with Gasteiger partial charge in [0.05, 0.1) is 11.2 Å². The van der Waals surface area contributed by atoms with Crippen LogP contribution in [0.25, 0.3) is 65.4 Å². The van der Waals surface area contributed by atoms with Crippen molar-refractivity contribution in [3.63, 3.8) is 0 Å². The molecule has 8 rings (SSSR count). The number of benzene rings is 6. The summed E-state index contributed by atoms with van der Waals surface area (Å²) in [5.41, 5.74) is 4.51. The predicted octanol–water partition coefficient (Wildman–Crippen LogP) is 9.01. The van der Waals surface area contributed by atoms with Crippen LogP contribution in [0.15, 0.2) is 108 Å². The monoisotopic (exact) mass is 520 g/mol. The van der Waals surface area contributed by atoms with Crippen LogP contribution in [0.5, 0.6) is 0 Å². The molecule has 1 aliphatic heterocycles. The first-order valence-corrected chi connectivity index (χ1v) is 14.0. The first-order chi connectivity index (χ1) is 19.3. The van der Waals surface area contributed by atoms with E-state index in [2.05, 4.69) is 131 Å². The van der Waals surface area contributed by atoms with Crippen LogP contribution in [0.3, 0.4) is 0 Å². The van der Waals surface area contributed by atoms with E-state index in [1.165, 1.54) is 38.1 Å². The lowest BCUT2D eigenvalue weighted by Gasteiger charge is -2.32. The Morgan fingerprint density at radius 3 is 1.93 bits per heavy atom. The highest BCUT2D eigenvalue weighted by Gasteiger charge is 2.51. The Bertz CT molecular complexity index is 2120. The van der Waals surface area contributed by atoms with Crippen LogP contribution in [-0.2, 0) is 9.31 Å². The average Bonchev–Trinajstić information content (AvgIpc) is 3.46. The van der Waals surface area contributed by atoms with E-state index < -0.39 is 0 Å². The van der Waals surface area contributed by atoms with Gasteiger partial charge in [-0.05, 0) is 83.3 Å². The summed E-state index contributed by atoms with van der Waals surface area (Å²) in [7, 11) is -0.372. The molecule has 1 saturated heterocycles. The summed E-state index contributed by atoms with van der Waals surface area (Å²) in [6, 6.07) is 36.8. The number of fused-ring (bicyclic) bond motifs is 9. The first-order valence-electron chi connectivity index (χ1n) is 14.0. The minimum Gasteiger partial charge on any atom is -0.455 e. The van der Waals surface area contributed by atoms with Crippen molar-refractivity contribution in [2.45, 2.75) is 38.9 Å². The van der Waals surface area contributed by atoms with E-state index in [0.717, 1.165) is 32.8 Å². The molecule has 0 saturated carbocycles. The number of furan rings is 1. The Hall–Kier alpha value is -4.12. The quantitative estimate of drug-likeness (QED) is 0.168. The highest BCUT2D eigenvalue weighted by Crippen LogP contribution is 2.44. The zero-order valence-corrected chi connectivity index (χ0v) is 23.1. The van der Waals surface area contributed by atoms with E-state index in [1.54, 1.807) is 0 Å². The van der Waals surface area contributed by atoms with Gasteiger partial charge in [-0.3, -0.25) is 0 Å². The van der Waals surface area contributed by atoms with Gasteiger partial charge in [0.15, 0.2) is 0 Å². The molecule has 4 heteroatoms. The summed E-state index contributed by atoms with van der Waals surface area (Å²) in [6.45, 7) is 8.36. The fraction of sp³-hybridized carbons (Fsp3) is 0.167. The largest absolute Gasteiger partial charge is 0.494 e. The van der Waals surface area contributed by atoms with E-state index >= 15 is 0 Å². The van der Waals surface area contributed by atoms with Gasteiger partial charge in [0, 0.05) is 16.2 Å². The van der Waals surface area contributed by atoms with E-state index in [9.17, 15) is 0 Å². The van der Waals surface area contributed by atoms with Crippen molar-refractivity contribution in [3.8, 4) is 11.1 Å².